The molecule has 20 heavy (non-hydrogen) atoms. The summed E-state index contributed by atoms with van der Waals surface area (Å²) >= 11 is 1.76. The maximum Gasteiger partial charge on any atom is 0.236 e. The van der Waals surface area contributed by atoms with Gasteiger partial charge in [-0.2, -0.15) is 0 Å². The number of nitrogens with one attached hydrogen (secondary N) is 1. The van der Waals surface area contributed by atoms with E-state index in [1.54, 1.807) is 18.3 Å². The van der Waals surface area contributed by atoms with E-state index in [9.17, 15) is 4.79 Å². The molecule has 5 heteroatoms. The van der Waals surface area contributed by atoms with Crippen molar-refractivity contribution in [3.63, 3.8) is 0 Å². The predicted molar refractivity (Wildman–Crippen MR) is 83.7 cm³/mol. The molecule has 0 bridgehead atoms. The minimum atomic E-state index is -0.444. The summed E-state index contributed by atoms with van der Waals surface area (Å²) in [5, 5.41) is 5.08. The van der Waals surface area contributed by atoms with Gasteiger partial charge in [-0.15, -0.1) is 11.3 Å². The van der Waals surface area contributed by atoms with E-state index in [0.717, 1.165) is 19.0 Å². The van der Waals surface area contributed by atoms with Crippen LogP contribution in [0, 0.1) is 5.92 Å². The van der Waals surface area contributed by atoms with Crippen LogP contribution in [0.3, 0.4) is 0 Å². The summed E-state index contributed by atoms with van der Waals surface area (Å²) in [4.78, 5) is 15.5. The molecule has 0 spiro atoms. The van der Waals surface area contributed by atoms with E-state index in [-0.39, 0.29) is 11.9 Å². The topological polar surface area (TPSA) is 58.4 Å². The minimum absolute atomic E-state index is 0.0723. The van der Waals surface area contributed by atoms with E-state index in [0.29, 0.717) is 6.54 Å². The molecule has 0 saturated carbocycles. The second kappa shape index (κ2) is 7.20. The van der Waals surface area contributed by atoms with Crippen LogP contribution in [-0.2, 0) is 4.79 Å². The van der Waals surface area contributed by atoms with E-state index in [1.165, 1.54) is 17.7 Å². The Balaban J connectivity index is 2.00. The molecular formula is C15H25N3OS. The Morgan fingerprint density at radius 1 is 1.55 bits per heavy atom. The second-order valence-electron chi connectivity index (χ2n) is 5.78. The molecule has 2 atom stereocenters. The van der Waals surface area contributed by atoms with Crippen molar-refractivity contribution in [2.75, 3.05) is 19.6 Å². The number of hydrogen-bond donors (Lipinski definition) is 2. The molecule has 1 saturated heterocycles. The van der Waals surface area contributed by atoms with Crippen LogP contribution in [0.1, 0.15) is 37.6 Å². The van der Waals surface area contributed by atoms with Gasteiger partial charge in [0.15, 0.2) is 0 Å². The number of piperidine rings is 1. The molecule has 1 amide bonds. The van der Waals surface area contributed by atoms with Gasteiger partial charge in [-0.3, -0.25) is 9.69 Å². The van der Waals surface area contributed by atoms with Gasteiger partial charge >= 0.3 is 0 Å². The van der Waals surface area contributed by atoms with Crippen molar-refractivity contribution in [2.24, 2.45) is 11.7 Å². The highest BCUT2D eigenvalue weighted by Crippen LogP contribution is 2.28. The van der Waals surface area contributed by atoms with Crippen molar-refractivity contribution in [2.45, 2.75) is 38.8 Å². The maximum absolute atomic E-state index is 11.7. The Morgan fingerprint density at radius 2 is 2.25 bits per heavy atom. The SMILES string of the molecule is CC1CCN(C(CNC(=O)[C@@H](C)N)c2cccs2)CC1. The number of thiophene rings is 1. The number of rotatable bonds is 5. The fourth-order valence-corrected chi connectivity index (χ4v) is 3.45. The highest BCUT2D eigenvalue weighted by Gasteiger charge is 2.25. The summed E-state index contributed by atoms with van der Waals surface area (Å²) in [6, 6.07) is 4.07. The molecule has 1 aliphatic rings. The maximum atomic E-state index is 11.7. The molecule has 3 N–H and O–H groups in total. The third-order valence-corrected chi connectivity index (χ3v) is 4.99. The normalized spacial score (nSPS) is 20.6. The van der Waals surface area contributed by atoms with Crippen LogP contribution in [-0.4, -0.2) is 36.5 Å². The number of likely N-dealkylation sites (tertiary alicyclic amines) is 1. The van der Waals surface area contributed by atoms with Crippen molar-refractivity contribution in [1.82, 2.24) is 10.2 Å². The fourth-order valence-electron chi connectivity index (χ4n) is 2.59. The van der Waals surface area contributed by atoms with Crippen molar-refractivity contribution in [3.05, 3.63) is 22.4 Å². The van der Waals surface area contributed by atoms with Crippen LogP contribution in [0.15, 0.2) is 17.5 Å². The molecule has 1 aromatic rings. The number of nitrogens with two attached hydrogens (primary N) is 1. The molecule has 1 aromatic heterocycles. The smallest absolute Gasteiger partial charge is 0.236 e. The van der Waals surface area contributed by atoms with Crippen LogP contribution in [0.2, 0.25) is 0 Å². The van der Waals surface area contributed by atoms with Gasteiger partial charge in [0, 0.05) is 11.4 Å². The van der Waals surface area contributed by atoms with Crippen molar-refractivity contribution >= 4 is 17.2 Å². The van der Waals surface area contributed by atoms with Crippen LogP contribution in [0.4, 0.5) is 0 Å². The van der Waals surface area contributed by atoms with Crippen molar-refractivity contribution in [1.29, 1.82) is 0 Å². The van der Waals surface area contributed by atoms with E-state index in [2.05, 4.69) is 34.7 Å². The Bertz CT molecular complexity index is 411. The second-order valence-corrected chi connectivity index (χ2v) is 6.76. The highest BCUT2D eigenvalue weighted by molar-refractivity contribution is 7.10. The zero-order valence-electron chi connectivity index (χ0n) is 12.3. The van der Waals surface area contributed by atoms with Crippen LogP contribution in [0.5, 0.6) is 0 Å². The lowest BCUT2D eigenvalue weighted by molar-refractivity contribution is -0.122. The molecule has 1 fully saturated rings. The van der Waals surface area contributed by atoms with Crippen molar-refractivity contribution in [3.8, 4) is 0 Å². The first-order valence-corrected chi connectivity index (χ1v) is 8.26. The number of amides is 1. The van der Waals surface area contributed by atoms with Gasteiger partial charge in [0.05, 0.1) is 12.1 Å². The Morgan fingerprint density at radius 3 is 2.80 bits per heavy atom. The van der Waals surface area contributed by atoms with E-state index in [4.69, 9.17) is 5.73 Å². The average molecular weight is 295 g/mol. The predicted octanol–water partition coefficient (Wildman–Crippen LogP) is 1.98. The Kier molecular flexibility index (Phi) is 5.57. The number of nitrogens with zero attached hydrogens (tertiary/aromatic N) is 1. The Labute approximate surface area is 125 Å². The molecule has 1 aliphatic heterocycles. The summed E-state index contributed by atoms with van der Waals surface area (Å²) < 4.78 is 0. The van der Waals surface area contributed by atoms with Gasteiger partial charge in [-0.05, 0) is 50.2 Å². The number of hydrogen-bond acceptors (Lipinski definition) is 4. The lowest BCUT2D eigenvalue weighted by Crippen LogP contribution is -2.45. The third kappa shape index (κ3) is 4.04. The first-order valence-electron chi connectivity index (χ1n) is 7.38. The standard InChI is InChI=1S/C15H25N3OS/c1-11-5-7-18(8-6-11)13(14-4-3-9-20-14)10-17-15(19)12(2)16/h3-4,9,11-13H,5-8,10,16H2,1-2H3,(H,17,19)/t12-,13?/m1/s1. The molecule has 4 nitrogen and oxygen atoms in total. The molecule has 0 radical (unpaired) electrons. The van der Waals surface area contributed by atoms with Gasteiger partial charge in [0.2, 0.25) is 5.91 Å². The molecule has 2 rings (SSSR count). The van der Waals surface area contributed by atoms with Crippen molar-refractivity contribution < 1.29 is 4.79 Å². The van der Waals surface area contributed by atoms with E-state index in [1.807, 2.05) is 0 Å². The monoisotopic (exact) mass is 295 g/mol. The summed E-state index contributed by atoms with van der Waals surface area (Å²) in [7, 11) is 0. The average Bonchev–Trinajstić information content (AvgIpc) is 2.94. The fraction of sp³-hybridized carbons (Fsp3) is 0.667. The number of carbonyl (C=O) groups is 1. The zero-order valence-corrected chi connectivity index (χ0v) is 13.2. The molecule has 0 aliphatic carbocycles. The van der Waals surface area contributed by atoms with Gasteiger partial charge in [-0.1, -0.05) is 13.0 Å². The quantitative estimate of drug-likeness (QED) is 0.873. The van der Waals surface area contributed by atoms with Crippen LogP contribution < -0.4 is 11.1 Å². The van der Waals surface area contributed by atoms with E-state index < -0.39 is 6.04 Å². The van der Waals surface area contributed by atoms with Gasteiger partial charge in [0.25, 0.3) is 0 Å². The number of carbonyl (C=O) groups excluding carboxylic acids is 1. The largest absolute Gasteiger partial charge is 0.353 e. The van der Waals surface area contributed by atoms with Crippen LogP contribution in [0.25, 0.3) is 0 Å². The van der Waals surface area contributed by atoms with Crippen LogP contribution >= 0.6 is 11.3 Å². The highest BCUT2D eigenvalue weighted by atomic mass is 32.1. The van der Waals surface area contributed by atoms with Gasteiger partial charge in [0.1, 0.15) is 0 Å². The van der Waals surface area contributed by atoms with Gasteiger partial charge < -0.3 is 11.1 Å². The summed E-state index contributed by atoms with van der Waals surface area (Å²) in [5.74, 6) is 0.742. The molecule has 1 unspecified atom stereocenters. The molecule has 0 aromatic carbocycles. The third-order valence-electron chi connectivity index (χ3n) is 4.01. The lowest BCUT2D eigenvalue weighted by Gasteiger charge is -2.36. The van der Waals surface area contributed by atoms with Gasteiger partial charge in [-0.25, -0.2) is 0 Å². The summed E-state index contributed by atoms with van der Waals surface area (Å²) in [5.41, 5.74) is 5.61. The van der Waals surface area contributed by atoms with E-state index >= 15 is 0 Å². The summed E-state index contributed by atoms with van der Waals surface area (Å²) in [6.45, 7) is 6.90. The minimum Gasteiger partial charge on any atom is -0.353 e. The Hall–Kier alpha value is -0.910. The first-order chi connectivity index (χ1) is 9.58. The molecular weight excluding hydrogens is 270 g/mol. The molecule has 2 heterocycles. The molecule has 112 valence electrons. The lowest BCUT2D eigenvalue weighted by atomic mass is 9.97. The summed E-state index contributed by atoms with van der Waals surface area (Å²) in [6.07, 6.45) is 2.48. The zero-order chi connectivity index (χ0) is 14.5. The first kappa shape index (κ1) is 15.5.